The van der Waals surface area contributed by atoms with Crippen LogP contribution in [0.25, 0.3) is 0 Å². The van der Waals surface area contributed by atoms with Gasteiger partial charge in [-0.15, -0.1) is 0 Å². The molecule has 2 atom stereocenters. The highest BCUT2D eigenvalue weighted by molar-refractivity contribution is 7.83. The molecule has 128 valence electrons. The monoisotopic (exact) mass is 361 g/mol. The Morgan fingerprint density at radius 1 is 1.30 bits per heavy atom. The van der Waals surface area contributed by atoms with Crippen molar-refractivity contribution in [1.29, 1.82) is 0 Å². The Hall–Kier alpha value is -0.700. The van der Waals surface area contributed by atoms with Gasteiger partial charge in [-0.05, 0) is 24.5 Å². The normalized spacial score (nSPS) is 27.1. The number of hydrogen-bond donors (Lipinski definition) is 1. The fourth-order valence-corrected chi connectivity index (χ4v) is 3.92. The zero-order valence-corrected chi connectivity index (χ0v) is 14.4. The third kappa shape index (κ3) is 3.55. The fourth-order valence-electron chi connectivity index (χ4n) is 3.27. The molecule has 1 saturated heterocycles. The lowest BCUT2D eigenvalue weighted by atomic mass is 10.1. The molecule has 6 nitrogen and oxygen atoms in total. The Bertz CT molecular complexity index is 674. The first kappa shape index (κ1) is 17.1. The molecule has 1 aliphatic heterocycles. The van der Waals surface area contributed by atoms with E-state index in [1.54, 1.807) is 6.07 Å². The van der Waals surface area contributed by atoms with Gasteiger partial charge in [0.15, 0.2) is 12.0 Å². The third-order valence-corrected chi connectivity index (χ3v) is 5.79. The maximum absolute atomic E-state index is 11.5. The molecule has 1 aromatic rings. The van der Waals surface area contributed by atoms with Crippen LogP contribution in [0.2, 0.25) is 5.02 Å². The number of likely N-dealkylation sites (N-methyl/N-ethyl adjacent to an activating group) is 1. The van der Waals surface area contributed by atoms with E-state index in [2.05, 4.69) is 0 Å². The van der Waals surface area contributed by atoms with Crippen molar-refractivity contribution < 1.29 is 22.4 Å². The molecule has 8 heteroatoms. The highest BCUT2D eigenvalue weighted by Crippen LogP contribution is 2.43. The molecule has 3 rings (SSSR count). The van der Waals surface area contributed by atoms with Gasteiger partial charge in [-0.2, -0.15) is 12.7 Å². The molecule has 1 N–H and O–H groups in total. The highest BCUT2D eigenvalue weighted by atomic mass is 35.5. The molecule has 2 unspecified atom stereocenters. The Morgan fingerprint density at radius 2 is 1.96 bits per heavy atom. The van der Waals surface area contributed by atoms with E-state index in [4.69, 9.17) is 21.1 Å². The Kier molecular flexibility index (Phi) is 4.70. The van der Waals surface area contributed by atoms with Crippen molar-refractivity contribution in [2.45, 2.75) is 50.2 Å². The van der Waals surface area contributed by atoms with Crippen LogP contribution in [0.3, 0.4) is 0 Å². The minimum Gasteiger partial charge on any atom is -0.342 e. The van der Waals surface area contributed by atoms with Gasteiger partial charge >= 0.3 is 10.3 Å². The second-order valence-electron chi connectivity index (χ2n) is 6.07. The zero-order chi connectivity index (χ0) is 16.7. The number of halogens is 1. The summed E-state index contributed by atoms with van der Waals surface area (Å²) in [5, 5.41) is 0.594. The van der Waals surface area contributed by atoms with Crippen LogP contribution in [0.1, 0.15) is 31.2 Å². The molecule has 2 fully saturated rings. The molecule has 1 saturated carbocycles. The first-order chi connectivity index (χ1) is 10.8. The maximum Gasteiger partial charge on any atom is 0.337 e. The first-order valence-corrected chi connectivity index (χ1v) is 9.38. The largest absolute Gasteiger partial charge is 0.342 e. The topological polar surface area (TPSA) is 76.1 Å². The van der Waals surface area contributed by atoms with Crippen LogP contribution in [0.4, 0.5) is 0 Å². The van der Waals surface area contributed by atoms with Gasteiger partial charge < -0.3 is 9.47 Å². The summed E-state index contributed by atoms with van der Waals surface area (Å²) in [5.74, 6) is -0.754. The summed E-state index contributed by atoms with van der Waals surface area (Å²) < 4.78 is 45.2. The summed E-state index contributed by atoms with van der Waals surface area (Å²) in [6, 6.07) is 7.34. The minimum atomic E-state index is -4.37. The third-order valence-electron chi connectivity index (χ3n) is 4.49. The lowest BCUT2D eigenvalue weighted by Crippen LogP contribution is -2.43. The summed E-state index contributed by atoms with van der Waals surface area (Å²) in [7, 11) is -3.08. The van der Waals surface area contributed by atoms with Gasteiger partial charge in [-0.1, -0.05) is 29.8 Å². The van der Waals surface area contributed by atoms with Gasteiger partial charge in [0.1, 0.15) is 6.10 Å². The van der Waals surface area contributed by atoms with E-state index < -0.39 is 28.4 Å². The van der Waals surface area contributed by atoms with Crippen molar-refractivity contribution in [1.82, 2.24) is 4.31 Å². The lowest BCUT2D eigenvalue weighted by Gasteiger charge is -2.25. The van der Waals surface area contributed by atoms with Crippen LogP contribution in [0.15, 0.2) is 24.3 Å². The van der Waals surface area contributed by atoms with Crippen molar-refractivity contribution in [2.24, 2.45) is 0 Å². The van der Waals surface area contributed by atoms with E-state index in [9.17, 15) is 13.0 Å². The SMILES string of the molecule is CN(C1OC2(CCCC2)OC1Cc1ccccc1Cl)S(=O)(=O)O. The van der Waals surface area contributed by atoms with Crippen LogP contribution in [0, 0.1) is 0 Å². The van der Waals surface area contributed by atoms with Crippen molar-refractivity contribution in [2.75, 3.05) is 7.05 Å². The second-order valence-corrected chi connectivity index (χ2v) is 7.95. The summed E-state index contributed by atoms with van der Waals surface area (Å²) in [4.78, 5) is 0. The summed E-state index contributed by atoms with van der Waals surface area (Å²) in [5.41, 5.74) is 0.853. The van der Waals surface area contributed by atoms with Crippen LogP contribution < -0.4 is 0 Å². The van der Waals surface area contributed by atoms with Gasteiger partial charge in [0.2, 0.25) is 0 Å². The molecule has 0 radical (unpaired) electrons. The zero-order valence-electron chi connectivity index (χ0n) is 12.8. The Labute approximate surface area is 141 Å². The van der Waals surface area contributed by atoms with Gasteiger partial charge in [-0.25, -0.2) is 0 Å². The van der Waals surface area contributed by atoms with E-state index in [-0.39, 0.29) is 0 Å². The lowest BCUT2D eigenvalue weighted by molar-refractivity contribution is -0.176. The summed E-state index contributed by atoms with van der Waals surface area (Å²) in [6.45, 7) is 0. The molecule has 1 spiro atoms. The highest BCUT2D eigenvalue weighted by Gasteiger charge is 2.52. The minimum absolute atomic E-state index is 0.409. The number of hydrogen-bond acceptors (Lipinski definition) is 4. The fraction of sp³-hybridized carbons (Fsp3) is 0.600. The number of ether oxygens (including phenoxy) is 2. The first-order valence-electron chi connectivity index (χ1n) is 7.60. The standard InChI is InChI=1S/C15H20ClNO5S/c1-17(23(18,19)20)14-13(10-11-6-2-3-7-12(11)16)21-15(22-14)8-4-5-9-15/h2-3,6-7,13-14H,4-5,8-10H2,1H3,(H,18,19,20). The van der Waals surface area contributed by atoms with Crippen molar-refractivity contribution in [3.63, 3.8) is 0 Å². The summed E-state index contributed by atoms with van der Waals surface area (Å²) in [6.07, 6.45) is 2.40. The average Bonchev–Trinajstić information content (AvgIpc) is 3.07. The summed E-state index contributed by atoms with van der Waals surface area (Å²) >= 11 is 6.19. The average molecular weight is 362 g/mol. The molecule has 0 bridgehead atoms. The number of benzene rings is 1. The van der Waals surface area contributed by atoms with E-state index >= 15 is 0 Å². The predicted molar refractivity (Wildman–Crippen MR) is 85.4 cm³/mol. The Balaban J connectivity index is 1.86. The van der Waals surface area contributed by atoms with Gasteiger partial charge in [0.05, 0.1) is 0 Å². The molecule has 1 aliphatic carbocycles. The van der Waals surface area contributed by atoms with Crippen LogP contribution >= 0.6 is 11.6 Å². The molecule has 1 heterocycles. The molecule has 0 aromatic heterocycles. The molecular formula is C15H20ClNO5S. The second kappa shape index (κ2) is 6.31. The van der Waals surface area contributed by atoms with E-state index in [1.165, 1.54) is 7.05 Å². The Morgan fingerprint density at radius 3 is 2.57 bits per heavy atom. The quantitative estimate of drug-likeness (QED) is 0.834. The molecule has 2 aliphatic rings. The molecular weight excluding hydrogens is 342 g/mol. The van der Waals surface area contributed by atoms with Gasteiger partial charge in [0.25, 0.3) is 0 Å². The van der Waals surface area contributed by atoms with Gasteiger partial charge in [-0.3, -0.25) is 4.55 Å². The number of nitrogens with zero attached hydrogens (tertiary/aromatic N) is 1. The van der Waals surface area contributed by atoms with Gasteiger partial charge in [0, 0.05) is 31.3 Å². The molecule has 1 aromatic carbocycles. The van der Waals surface area contributed by atoms with Crippen LogP contribution in [0.5, 0.6) is 0 Å². The van der Waals surface area contributed by atoms with Crippen LogP contribution in [-0.4, -0.2) is 42.4 Å². The van der Waals surface area contributed by atoms with E-state index in [0.29, 0.717) is 11.4 Å². The molecule has 23 heavy (non-hydrogen) atoms. The molecule has 0 amide bonds. The van der Waals surface area contributed by atoms with E-state index in [0.717, 1.165) is 35.6 Å². The van der Waals surface area contributed by atoms with Crippen molar-refractivity contribution >= 4 is 21.9 Å². The maximum atomic E-state index is 11.5. The van der Waals surface area contributed by atoms with Crippen molar-refractivity contribution in [3.8, 4) is 0 Å². The van der Waals surface area contributed by atoms with E-state index in [1.807, 2.05) is 18.2 Å². The van der Waals surface area contributed by atoms with Crippen molar-refractivity contribution in [3.05, 3.63) is 34.9 Å². The smallest absolute Gasteiger partial charge is 0.337 e. The number of rotatable bonds is 4. The predicted octanol–water partition coefficient (Wildman–Crippen LogP) is 2.63. The van der Waals surface area contributed by atoms with Crippen LogP contribution in [-0.2, 0) is 26.2 Å².